The Kier molecular flexibility index (Phi) is 9.17. The number of aromatic nitrogens is 2. The summed E-state index contributed by atoms with van der Waals surface area (Å²) in [5.74, 6) is 1.47. The van der Waals surface area contributed by atoms with Crippen LogP contribution in [0.25, 0.3) is 0 Å². The Labute approximate surface area is 163 Å². The average Bonchev–Trinajstić information content (AvgIpc) is 2.98. The highest BCUT2D eigenvalue weighted by Crippen LogP contribution is 2.16. The Bertz CT molecular complexity index is 680. The molecule has 1 aromatic carbocycles. The van der Waals surface area contributed by atoms with E-state index in [9.17, 15) is 4.39 Å². The summed E-state index contributed by atoms with van der Waals surface area (Å²) in [5.41, 5.74) is 0. The second-order valence-corrected chi connectivity index (χ2v) is 5.16. The van der Waals surface area contributed by atoms with Gasteiger partial charge in [0.2, 0.25) is 5.89 Å². The van der Waals surface area contributed by atoms with Crippen LogP contribution in [0.4, 0.5) is 4.39 Å². The molecule has 0 saturated heterocycles. The van der Waals surface area contributed by atoms with Crippen molar-refractivity contribution in [2.45, 2.75) is 33.4 Å². The summed E-state index contributed by atoms with van der Waals surface area (Å²) in [5, 5.41) is 10.0. The monoisotopic (exact) mass is 463 g/mol. The Morgan fingerprint density at radius 1 is 1.36 bits per heavy atom. The van der Waals surface area contributed by atoms with E-state index in [-0.39, 0.29) is 41.6 Å². The third-order valence-corrected chi connectivity index (χ3v) is 3.01. The molecule has 138 valence electrons. The fraction of sp³-hybridized carbons (Fsp3) is 0.438. The van der Waals surface area contributed by atoms with E-state index in [4.69, 9.17) is 9.26 Å². The first kappa shape index (κ1) is 21.1. The van der Waals surface area contributed by atoms with Crippen molar-refractivity contribution in [1.29, 1.82) is 0 Å². The summed E-state index contributed by atoms with van der Waals surface area (Å²) < 4.78 is 24.1. The molecule has 0 aliphatic heterocycles. The molecule has 1 heterocycles. The number of hydrogen-bond donors (Lipinski definition) is 2. The summed E-state index contributed by atoms with van der Waals surface area (Å²) in [7, 11) is 0. The topological polar surface area (TPSA) is 84.6 Å². The largest absolute Gasteiger partial charge is 0.486 e. The van der Waals surface area contributed by atoms with Crippen LogP contribution < -0.4 is 15.4 Å². The zero-order valence-corrected chi connectivity index (χ0v) is 16.8. The van der Waals surface area contributed by atoms with Crippen molar-refractivity contribution >= 4 is 29.9 Å². The van der Waals surface area contributed by atoms with Crippen LogP contribution in [0.15, 0.2) is 33.8 Å². The molecule has 0 spiro atoms. The first-order valence-corrected chi connectivity index (χ1v) is 7.81. The summed E-state index contributed by atoms with van der Waals surface area (Å²) in [6.45, 7) is 7.02. The molecule has 0 amide bonds. The SMILES string of the molecule is CCNC(=NCc1noc(C)n1)NCC(C)Oc1ccccc1F.I. The van der Waals surface area contributed by atoms with Crippen molar-refractivity contribution in [3.05, 3.63) is 41.8 Å². The van der Waals surface area contributed by atoms with Crippen LogP contribution in [-0.4, -0.2) is 35.3 Å². The lowest BCUT2D eigenvalue weighted by Gasteiger charge is -2.17. The van der Waals surface area contributed by atoms with E-state index < -0.39 is 0 Å². The summed E-state index contributed by atoms with van der Waals surface area (Å²) >= 11 is 0. The van der Waals surface area contributed by atoms with Crippen molar-refractivity contribution in [3.8, 4) is 5.75 Å². The minimum Gasteiger partial charge on any atom is -0.486 e. The zero-order chi connectivity index (χ0) is 17.4. The summed E-state index contributed by atoms with van der Waals surface area (Å²) in [4.78, 5) is 8.47. The van der Waals surface area contributed by atoms with Gasteiger partial charge in [0, 0.05) is 13.5 Å². The molecule has 0 fully saturated rings. The number of hydrogen-bond acceptors (Lipinski definition) is 5. The van der Waals surface area contributed by atoms with Gasteiger partial charge in [-0.3, -0.25) is 0 Å². The lowest BCUT2D eigenvalue weighted by atomic mass is 10.3. The summed E-state index contributed by atoms with van der Waals surface area (Å²) in [6.07, 6.45) is -0.238. The van der Waals surface area contributed by atoms with Gasteiger partial charge in [0.15, 0.2) is 23.4 Å². The molecule has 0 radical (unpaired) electrons. The molecule has 9 heteroatoms. The molecule has 25 heavy (non-hydrogen) atoms. The predicted molar refractivity (Wildman–Crippen MR) is 104 cm³/mol. The quantitative estimate of drug-likeness (QED) is 0.373. The normalized spacial score (nSPS) is 12.2. The Balaban J connectivity index is 0.00000312. The molecule has 0 aliphatic rings. The second kappa shape index (κ2) is 10.9. The number of guanidine groups is 1. The molecule has 0 saturated carbocycles. The molecule has 2 rings (SSSR count). The number of para-hydroxylation sites is 1. The predicted octanol–water partition coefficient (Wildman–Crippen LogP) is 2.66. The highest BCUT2D eigenvalue weighted by atomic mass is 127. The number of aryl methyl sites for hydroxylation is 1. The Hall–Kier alpha value is -1.91. The number of aliphatic imine (C=N–C) groups is 1. The van der Waals surface area contributed by atoms with Gasteiger partial charge in [-0.15, -0.1) is 24.0 Å². The Morgan fingerprint density at radius 3 is 2.76 bits per heavy atom. The van der Waals surface area contributed by atoms with E-state index in [2.05, 4.69) is 25.8 Å². The number of nitrogens with one attached hydrogen (secondary N) is 2. The van der Waals surface area contributed by atoms with Crippen LogP contribution in [0.5, 0.6) is 5.75 Å². The lowest BCUT2D eigenvalue weighted by molar-refractivity contribution is 0.214. The average molecular weight is 463 g/mol. The molecule has 2 N–H and O–H groups in total. The number of rotatable bonds is 7. The van der Waals surface area contributed by atoms with Crippen molar-refractivity contribution in [1.82, 2.24) is 20.8 Å². The van der Waals surface area contributed by atoms with E-state index in [1.54, 1.807) is 25.1 Å². The molecule has 0 aliphatic carbocycles. The van der Waals surface area contributed by atoms with Gasteiger partial charge in [-0.1, -0.05) is 17.3 Å². The van der Waals surface area contributed by atoms with E-state index in [1.165, 1.54) is 6.07 Å². The fourth-order valence-electron chi connectivity index (χ4n) is 1.94. The first-order valence-electron chi connectivity index (χ1n) is 7.81. The van der Waals surface area contributed by atoms with Crippen LogP contribution in [0, 0.1) is 12.7 Å². The van der Waals surface area contributed by atoms with Crippen LogP contribution in [0.3, 0.4) is 0 Å². The van der Waals surface area contributed by atoms with Crippen molar-refractivity contribution in [3.63, 3.8) is 0 Å². The minimum absolute atomic E-state index is 0. The zero-order valence-electron chi connectivity index (χ0n) is 14.5. The van der Waals surface area contributed by atoms with E-state index in [0.29, 0.717) is 37.3 Å². The molecular formula is C16H23FIN5O2. The highest BCUT2D eigenvalue weighted by Gasteiger charge is 2.09. The van der Waals surface area contributed by atoms with Crippen LogP contribution in [0.1, 0.15) is 25.6 Å². The molecule has 0 bridgehead atoms. The van der Waals surface area contributed by atoms with E-state index >= 15 is 0 Å². The van der Waals surface area contributed by atoms with Gasteiger partial charge in [-0.05, 0) is 26.0 Å². The molecular weight excluding hydrogens is 440 g/mol. The molecule has 2 aromatic rings. The second-order valence-electron chi connectivity index (χ2n) is 5.16. The molecule has 1 aromatic heterocycles. The minimum atomic E-state index is -0.377. The number of halogens is 2. The molecule has 1 atom stereocenters. The van der Waals surface area contributed by atoms with Gasteiger partial charge in [0.25, 0.3) is 0 Å². The van der Waals surface area contributed by atoms with Crippen molar-refractivity contribution < 1.29 is 13.7 Å². The van der Waals surface area contributed by atoms with Gasteiger partial charge < -0.3 is 19.9 Å². The third-order valence-electron chi connectivity index (χ3n) is 3.01. The molecule has 1 unspecified atom stereocenters. The maximum absolute atomic E-state index is 13.6. The maximum atomic E-state index is 13.6. The number of ether oxygens (including phenoxy) is 1. The Morgan fingerprint density at radius 2 is 2.12 bits per heavy atom. The van der Waals surface area contributed by atoms with Crippen LogP contribution in [-0.2, 0) is 6.54 Å². The van der Waals surface area contributed by atoms with Crippen molar-refractivity contribution in [2.75, 3.05) is 13.1 Å². The third kappa shape index (κ3) is 7.24. The van der Waals surface area contributed by atoms with Gasteiger partial charge >= 0.3 is 0 Å². The van der Waals surface area contributed by atoms with Gasteiger partial charge in [-0.25, -0.2) is 9.38 Å². The lowest BCUT2D eigenvalue weighted by Crippen LogP contribution is -2.41. The van der Waals surface area contributed by atoms with Crippen molar-refractivity contribution in [2.24, 2.45) is 4.99 Å². The maximum Gasteiger partial charge on any atom is 0.223 e. The standard InChI is InChI=1S/C16H22FN5O2.HI/c1-4-18-16(20-10-15-21-12(3)24-22-15)19-9-11(2)23-14-8-6-5-7-13(14)17;/h5-8,11H,4,9-10H2,1-3H3,(H2,18,19,20);1H. The summed E-state index contributed by atoms with van der Waals surface area (Å²) in [6, 6.07) is 6.33. The van der Waals surface area contributed by atoms with E-state index in [0.717, 1.165) is 0 Å². The smallest absolute Gasteiger partial charge is 0.223 e. The first-order chi connectivity index (χ1) is 11.6. The highest BCUT2D eigenvalue weighted by molar-refractivity contribution is 14.0. The van der Waals surface area contributed by atoms with Gasteiger partial charge in [0.1, 0.15) is 12.6 Å². The number of nitrogens with zero attached hydrogens (tertiary/aromatic N) is 3. The van der Waals surface area contributed by atoms with Crippen LogP contribution >= 0.6 is 24.0 Å². The van der Waals surface area contributed by atoms with Gasteiger partial charge in [0.05, 0.1) is 6.54 Å². The van der Waals surface area contributed by atoms with E-state index in [1.807, 2.05) is 13.8 Å². The number of benzene rings is 1. The van der Waals surface area contributed by atoms with Gasteiger partial charge in [-0.2, -0.15) is 4.98 Å². The van der Waals surface area contributed by atoms with Crippen LogP contribution in [0.2, 0.25) is 0 Å². The fourth-order valence-corrected chi connectivity index (χ4v) is 1.94. The molecule has 7 nitrogen and oxygen atoms in total.